The fraction of sp³-hybridized carbons (Fsp3) is 0.650. The summed E-state index contributed by atoms with van der Waals surface area (Å²) in [6.07, 6.45) is -11.1. The van der Waals surface area contributed by atoms with E-state index in [2.05, 4.69) is 4.74 Å². The molecule has 0 fully saturated rings. The number of ether oxygens (including phenoxy) is 2. The molecule has 0 bridgehead atoms. The van der Waals surface area contributed by atoms with Crippen LogP contribution >= 0.6 is 0 Å². The minimum absolute atomic E-state index is 0.435. The normalized spacial score (nSPS) is 14.1. The molecular weight excluding hydrogens is 402 g/mol. The lowest BCUT2D eigenvalue weighted by Crippen LogP contribution is -2.56. The van der Waals surface area contributed by atoms with Crippen molar-refractivity contribution < 1.29 is 40.6 Å². The molecule has 0 aliphatic heterocycles. The predicted molar refractivity (Wildman–Crippen MR) is 95.3 cm³/mol. The van der Waals surface area contributed by atoms with E-state index in [0.29, 0.717) is 12.0 Å². The average molecular weight is 428 g/mol. The van der Waals surface area contributed by atoms with Crippen LogP contribution in [0.3, 0.4) is 0 Å². The van der Waals surface area contributed by atoms with Gasteiger partial charge in [0.05, 0.1) is 0 Å². The first-order valence-electron chi connectivity index (χ1n) is 8.97. The smallest absolute Gasteiger partial charge is 0.430 e. The van der Waals surface area contributed by atoms with E-state index < -0.39 is 47.1 Å². The monoisotopic (exact) mass is 428 g/mol. The minimum atomic E-state index is -5.87. The van der Waals surface area contributed by atoms with E-state index in [0.717, 1.165) is 12.1 Å². The Labute approximate surface area is 166 Å². The molecular formula is C20H26F6O3. The molecule has 0 unspecified atom stereocenters. The zero-order valence-electron chi connectivity index (χ0n) is 17.2. The van der Waals surface area contributed by atoms with E-state index in [1.165, 1.54) is 32.9 Å². The van der Waals surface area contributed by atoms with Crippen molar-refractivity contribution in [1.82, 2.24) is 0 Å². The van der Waals surface area contributed by atoms with Crippen molar-refractivity contribution in [2.24, 2.45) is 0 Å². The molecule has 0 aliphatic rings. The lowest BCUT2D eigenvalue weighted by molar-refractivity contribution is -0.388. The van der Waals surface area contributed by atoms with E-state index in [9.17, 15) is 31.1 Å². The maximum atomic E-state index is 13.7. The number of benzene rings is 1. The summed E-state index contributed by atoms with van der Waals surface area (Å²) in [6.45, 7) is 8.27. The molecule has 0 saturated carbocycles. The fourth-order valence-corrected chi connectivity index (χ4v) is 2.63. The maximum Gasteiger partial charge on any atom is 0.430 e. The first-order chi connectivity index (χ1) is 12.9. The lowest BCUT2D eigenvalue weighted by Gasteiger charge is -2.37. The molecule has 0 spiro atoms. The van der Waals surface area contributed by atoms with Gasteiger partial charge in [-0.2, -0.15) is 26.3 Å². The third-order valence-corrected chi connectivity index (χ3v) is 4.58. The SMILES string of the molecule is CCC(C)(C)c1ccc(C(OCC(=O)OC(C)(C)C)(C(F)(F)F)C(F)(F)F)cc1. The van der Waals surface area contributed by atoms with Crippen molar-refractivity contribution in [3.05, 3.63) is 35.4 Å². The second-order valence-corrected chi connectivity index (χ2v) is 8.37. The molecule has 0 aliphatic carbocycles. The van der Waals surface area contributed by atoms with Crippen molar-refractivity contribution in [3.8, 4) is 0 Å². The maximum absolute atomic E-state index is 13.7. The number of hydrogen-bond donors (Lipinski definition) is 0. The first-order valence-corrected chi connectivity index (χ1v) is 8.97. The van der Waals surface area contributed by atoms with Crippen LogP contribution in [0.1, 0.15) is 59.1 Å². The number of halogens is 6. The van der Waals surface area contributed by atoms with Crippen LogP contribution in [0.25, 0.3) is 0 Å². The second-order valence-electron chi connectivity index (χ2n) is 8.37. The Kier molecular flexibility index (Phi) is 7.11. The number of hydrogen-bond acceptors (Lipinski definition) is 3. The highest BCUT2D eigenvalue weighted by atomic mass is 19.4. The highest BCUT2D eigenvalue weighted by Gasteiger charge is 2.73. The average Bonchev–Trinajstić information content (AvgIpc) is 2.51. The third kappa shape index (κ3) is 5.65. The van der Waals surface area contributed by atoms with Crippen molar-refractivity contribution in [3.63, 3.8) is 0 Å². The number of carbonyl (C=O) groups excluding carboxylic acids is 1. The van der Waals surface area contributed by atoms with E-state index in [-0.39, 0.29) is 0 Å². The van der Waals surface area contributed by atoms with Gasteiger partial charge in [-0.05, 0) is 38.2 Å². The number of rotatable bonds is 6. The third-order valence-electron chi connectivity index (χ3n) is 4.58. The standard InChI is InChI=1S/C20H26F6O3/c1-7-17(5,6)13-8-10-14(11-9-13)18(19(21,22)23,20(24,25)26)28-12-15(27)29-16(2,3)4/h8-11H,7,12H2,1-6H3. The zero-order chi connectivity index (χ0) is 22.9. The largest absolute Gasteiger partial charge is 0.458 e. The molecule has 1 rings (SSSR count). The van der Waals surface area contributed by atoms with E-state index in [1.54, 1.807) is 0 Å². The Morgan fingerprint density at radius 1 is 0.828 bits per heavy atom. The lowest BCUT2D eigenvalue weighted by atomic mass is 9.80. The van der Waals surface area contributed by atoms with Crippen LogP contribution in [-0.2, 0) is 25.3 Å². The van der Waals surface area contributed by atoms with Crippen molar-refractivity contribution in [2.45, 2.75) is 76.9 Å². The minimum Gasteiger partial charge on any atom is -0.458 e. The van der Waals surface area contributed by atoms with Crippen LogP contribution in [0, 0.1) is 0 Å². The van der Waals surface area contributed by atoms with Gasteiger partial charge >= 0.3 is 18.3 Å². The van der Waals surface area contributed by atoms with Gasteiger partial charge in [0.2, 0.25) is 0 Å². The van der Waals surface area contributed by atoms with Gasteiger partial charge in [-0.25, -0.2) is 4.79 Å². The quantitative estimate of drug-likeness (QED) is 0.409. The van der Waals surface area contributed by atoms with Gasteiger partial charge < -0.3 is 9.47 Å². The van der Waals surface area contributed by atoms with Gasteiger partial charge in [0.1, 0.15) is 12.2 Å². The van der Waals surface area contributed by atoms with E-state index >= 15 is 0 Å². The second kappa shape index (κ2) is 8.16. The highest BCUT2D eigenvalue weighted by molar-refractivity contribution is 5.71. The Morgan fingerprint density at radius 3 is 1.59 bits per heavy atom. The highest BCUT2D eigenvalue weighted by Crippen LogP contribution is 2.53. The molecule has 0 heterocycles. The summed E-state index contributed by atoms with van der Waals surface area (Å²) in [5.41, 5.74) is -6.76. The van der Waals surface area contributed by atoms with E-state index in [1.807, 2.05) is 20.8 Å². The Balaban J connectivity index is 3.44. The van der Waals surface area contributed by atoms with Crippen molar-refractivity contribution >= 4 is 5.97 Å². The van der Waals surface area contributed by atoms with E-state index in [4.69, 9.17) is 4.74 Å². The molecule has 29 heavy (non-hydrogen) atoms. The van der Waals surface area contributed by atoms with Gasteiger partial charge in [0, 0.05) is 5.56 Å². The number of carbonyl (C=O) groups is 1. The molecule has 0 radical (unpaired) electrons. The van der Waals surface area contributed by atoms with Gasteiger partial charge in [-0.15, -0.1) is 0 Å². The van der Waals surface area contributed by atoms with Crippen LogP contribution in [0.4, 0.5) is 26.3 Å². The summed E-state index contributed by atoms with van der Waals surface area (Å²) in [7, 11) is 0. The van der Waals surface area contributed by atoms with Crippen molar-refractivity contribution in [2.75, 3.05) is 6.61 Å². The molecule has 0 amide bonds. The zero-order valence-corrected chi connectivity index (χ0v) is 17.2. The van der Waals surface area contributed by atoms with Gasteiger partial charge in [0.25, 0.3) is 5.60 Å². The van der Waals surface area contributed by atoms with Crippen molar-refractivity contribution in [1.29, 1.82) is 0 Å². The summed E-state index contributed by atoms with van der Waals surface area (Å²) in [5, 5.41) is 0. The predicted octanol–water partition coefficient (Wildman–Crippen LogP) is 6.05. The Bertz CT molecular complexity index is 683. The molecule has 9 heteroatoms. The van der Waals surface area contributed by atoms with Crippen LogP contribution in [0.2, 0.25) is 0 Å². The summed E-state index contributed by atoms with van der Waals surface area (Å²) in [4.78, 5) is 11.7. The Morgan fingerprint density at radius 2 is 1.24 bits per heavy atom. The molecule has 1 aromatic carbocycles. The van der Waals surface area contributed by atoms with Gasteiger partial charge in [-0.3, -0.25) is 0 Å². The number of alkyl halides is 6. The molecule has 0 N–H and O–H groups in total. The summed E-state index contributed by atoms with van der Waals surface area (Å²) in [5.74, 6) is -1.33. The molecule has 1 aromatic rings. The van der Waals surface area contributed by atoms with Crippen LogP contribution in [0.15, 0.2) is 24.3 Å². The molecule has 3 nitrogen and oxygen atoms in total. The summed E-state index contributed by atoms with van der Waals surface area (Å²) >= 11 is 0. The molecule has 166 valence electrons. The number of esters is 1. The molecule has 0 atom stereocenters. The summed E-state index contributed by atoms with van der Waals surface area (Å²) in [6, 6.07) is 3.90. The summed E-state index contributed by atoms with van der Waals surface area (Å²) < 4.78 is 91.5. The van der Waals surface area contributed by atoms with Gasteiger partial charge in [-0.1, -0.05) is 45.0 Å². The first kappa shape index (κ1) is 25.3. The van der Waals surface area contributed by atoms with Crippen LogP contribution in [-0.4, -0.2) is 30.5 Å². The van der Waals surface area contributed by atoms with Crippen LogP contribution in [0.5, 0.6) is 0 Å². The molecule has 0 aromatic heterocycles. The van der Waals surface area contributed by atoms with Gasteiger partial charge in [0.15, 0.2) is 0 Å². The topological polar surface area (TPSA) is 35.5 Å². The fourth-order valence-electron chi connectivity index (χ4n) is 2.63. The Hall–Kier alpha value is -1.77. The molecule has 0 saturated heterocycles. The van der Waals surface area contributed by atoms with Crippen LogP contribution < -0.4 is 0 Å².